The Balaban J connectivity index is 2.06. The predicted octanol–water partition coefficient (Wildman–Crippen LogP) is 4.45. The highest BCUT2D eigenvalue weighted by Crippen LogP contribution is 2.18. The Bertz CT molecular complexity index is 563. The fraction of sp³-hybridized carbons (Fsp3) is 0.333. The van der Waals surface area contributed by atoms with Gasteiger partial charge in [-0.2, -0.15) is 0 Å². The van der Waals surface area contributed by atoms with Crippen LogP contribution in [0.5, 0.6) is 0 Å². The summed E-state index contributed by atoms with van der Waals surface area (Å²) in [5.74, 6) is 0. The lowest BCUT2D eigenvalue weighted by Crippen LogP contribution is -2.05. The molecule has 1 N–H and O–H groups in total. The summed E-state index contributed by atoms with van der Waals surface area (Å²) >= 11 is 0. The predicted molar refractivity (Wildman–Crippen MR) is 85.0 cm³/mol. The van der Waals surface area contributed by atoms with Gasteiger partial charge in [0.05, 0.1) is 6.61 Å². The van der Waals surface area contributed by atoms with Crippen molar-refractivity contribution in [2.24, 2.45) is 0 Å². The lowest BCUT2D eigenvalue weighted by molar-refractivity contribution is 0.134. The summed E-state index contributed by atoms with van der Waals surface area (Å²) in [7, 11) is 0. The number of nitrogens with one attached hydrogen (secondary N) is 1. The van der Waals surface area contributed by atoms with Crippen LogP contribution in [0.3, 0.4) is 0 Å². The first-order valence-corrected chi connectivity index (χ1v) is 7.16. The molecule has 2 nitrogen and oxygen atoms in total. The van der Waals surface area contributed by atoms with E-state index in [1.54, 1.807) is 0 Å². The highest BCUT2D eigenvalue weighted by Gasteiger charge is 2.03. The lowest BCUT2D eigenvalue weighted by Gasteiger charge is -2.13. The Kier molecular flexibility index (Phi) is 5.19. The largest absolute Gasteiger partial charge is 0.381 e. The van der Waals surface area contributed by atoms with Gasteiger partial charge in [-0.05, 0) is 38.0 Å². The van der Waals surface area contributed by atoms with Crippen molar-refractivity contribution in [2.75, 3.05) is 11.9 Å². The van der Waals surface area contributed by atoms with E-state index in [2.05, 4.69) is 61.6 Å². The van der Waals surface area contributed by atoms with Crippen LogP contribution in [0.25, 0.3) is 0 Å². The monoisotopic (exact) mass is 269 g/mol. The van der Waals surface area contributed by atoms with E-state index in [-0.39, 0.29) is 0 Å². The molecule has 0 bridgehead atoms. The van der Waals surface area contributed by atoms with E-state index >= 15 is 0 Å². The topological polar surface area (TPSA) is 21.3 Å². The van der Waals surface area contributed by atoms with Gasteiger partial charge in [0.25, 0.3) is 0 Å². The standard InChI is InChI=1S/C18H23NO/c1-4-20-13-17-7-5-6-8-18(17)19-12-16-10-9-14(2)11-15(16)3/h5-11,19H,4,12-13H2,1-3H3. The second-order valence-electron chi connectivity index (χ2n) is 5.08. The molecule has 0 saturated heterocycles. The zero-order chi connectivity index (χ0) is 14.4. The van der Waals surface area contributed by atoms with Gasteiger partial charge >= 0.3 is 0 Å². The van der Waals surface area contributed by atoms with Crippen LogP contribution in [0.15, 0.2) is 42.5 Å². The zero-order valence-corrected chi connectivity index (χ0v) is 12.6. The van der Waals surface area contributed by atoms with Crippen molar-refractivity contribution >= 4 is 5.69 Å². The molecular weight excluding hydrogens is 246 g/mol. The van der Waals surface area contributed by atoms with Crippen LogP contribution in [0.4, 0.5) is 5.69 Å². The molecule has 0 aliphatic carbocycles. The van der Waals surface area contributed by atoms with Crippen LogP contribution >= 0.6 is 0 Å². The SMILES string of the molecule is CCOCc1ccccc1NCc1ccc(C)cc1C. The maximum Gasteiger partial charge on any atom is 0.0736 e. The third-order valence-electron chi connectivity index (χ3n) is 3.45. The van der Waals surface area contributed by atoms with Crippen molar-refractivity contribution in [3.8, 4) is 0 Å². The second-order valence-corrected chi connectivity index (χ2v) is 5.08. The number of rotatable bonds is 6. The first kappa shape index (κ1) is 14.6. The molecule has 106 valence electrons. The van der Waals surface area contributed by atoms with E-state index in [4.69, 9.17) is 4.74 Å². The van der Waals surface area contributed by atoms with E-state index in [1.807, 2.05) is 6.92 Å². The molecule has 0 amide bonds. The quantitative estimate of drug-likeness (QED) is 0.836. The van der Waals surface area contributed by atoms with Gasteiger partial charge in [-0.15, -0.1) is 0 Å². The van der Waals surface area contributed by atoms with Crippen molar-refractivity contribution in [3.05, 3.63) is 64.7 Å². The van der Waals surface area contributed by atoms with E-state index in [1.165, 1.54) is 22.3 Å². The number of ether oxygens (including phenoxy) is 1. The normalized spacial score (nSPS) is 10.6. The third-order valence-corrected chi connectivity index (χ3v) is 3.45. The van der Waals surface area contributed by atoms with Crippen LogP contribution in [-0.2, 0) is 17.9 Å². The minimum Gasteiger partial charge on any atom is -0.381 e. The molecule has 0 aliphatic rings. The van der Waals surface area contributed by atoms with Gasteiger partial charge in [0.1, 0.15) is 0 Å². The Labute approximate surface area is 121 Å². The number of hydrogen-bond donors (Lipinski definition) is 1. The summed E-state index contributed by atoms with van der Waals surface area (Å²) in [6, 6.07) is 14.9. The molecular formula is C18H23NO. The molecule has 0 radical (unpaired) electrons. The van der Waals surface area contributed by atoms with Gasteiger partial charge in [0.15, 0.2) is 0 Å². The molecule has 2 aromatic carbocycles. The van der Waals surface area contributed by atoms with E-state index in [0.29, 0.717) is 6.61 Å². The van der Waals surface area contributed by atoms with Crippen molar-refractivity contribution in [1.29, 1.82) is 0 Å². The summed E-state index contributed by atoms with van der Waals surface area (Å²) in [6.45, 7) is 8.55. The average molecular weight is 269 g/mol. The minimum absolute atomic E-state index is 0.659. The van der Waals surface area contributed by atoms with Gasteiger partial charge in [-0.3, -0.25) is 0 Å². The maximum absolute atomic E-state index is 5.51. The second kappa shape index (κ2) is 7.11. The summed E-state index contributed by atoms with van der Waals surface area (Å²) in [6.07, 6.45) is 0. The summed E-state index contributed by atoms with van der Waals surface area (Å²) < 4.78 is 5.51. The van der Waals surface area contributed by atoms with Gasteiger partial charge in [0, 0.05) is 24.4 Å². The molecule has 0 aliphatic heterocycles. The lowest BCUT2D eigenvalue weighted by atomic mass is 10.1. The number of hydrogen-bond acceptors (Lipinski definition) is 2. The van der Waals surface area contributed by atoms with Crippen LogP contribution in [-0.4, -0.2) is 6.61 Å². The third kappa shape index (κ3) is 3.84. The van der Waals surface area contributed by atoms with E-state index < -0.39 is 0 Å². The fourth-order valence-corrected chi connectivity index (χ4v) is 2.27. The Hall–Kier alpha value is -1.80. The van der Waals surface area contributed by atoms with E-state index in [0.717, 1.165) is 18.8 Å². The molecule has 0 aromatic heterocycles. The van der Waals surface area contributed by atoms with Gasteiger partial charge < -0.3 is 10.1 Å². The van der Waals surface area contributed by atoms with Crippen molar-refractivity contribution < 1.29 is 4.74 Å². The molecule has 2 aromatic rings. The minimum atomic E-state index is 0.659. The van der Waals surface area contributed by atoms with Gasteiger partial charge in [0.2, 0.25) is 0 Å². The summed E-state index contributed by atoms with van der Waals surface area (Å²) in [5, 5.41) is 3.52. The van der Waals surface area contributed by atoms with Crippen LogP contribution < -0.4 is 5.32 Å². The number of anilines is 1. The van der Waals surface area contributed by atoms with Crippen molar-refractivity contribution in [1.82, 2.24) is 0 Å². The van der Waals surface area contributed by atoms with Crippen molar-refractivity contribution in [2.45, 2.75) is 33.9 Å². The molecule has 0 unspecified atom stereocenters. The Morgan fingerprint density at radius 1 is 1.00 bits per heavy atom. The summed E-state index contributed by atoms with van der Waals surface area (Å²) in [4.78, 5) is 0. The van der Waals surface area contributed by atoms with Crippen LogP contribution in [0.1, 0.15) is 29.2 Å². The molecule has 0 saturated carbocycles. The number of aryl methyl sites for hydroxylation is 2. The average Bonchev–Trinajstić information content (AvgIpc) is 2.45. The first-order valence-electron chi connectivity index (χ1n) is 7.16. The van der Waals surface area contributed by atoms with Gasteiger partial charge in [-0.25, -0.2) is 0 Å². The molecule has 20 heavy (non-hydrogen) atoms. The number of benzene rings is 2. The molecule has 0 atom stereocenters. The Morgan fingerprint density at radius 3 is 2.55 bits per heavy atom. The van der Waals surface area contributed by atoms with Crippen LogP contribution in [0, 0.1) is 13.8 Å². The van der Waals surface area contributed by atoms with Gasteiger partial charge in [-0.1, -0.05) is 42.0 Å². The molecule has 0 fully saturated rings. The summed E-state index contributed by atoms with van der Waals surface area (Å²) in [5.41, 5.74) is 6.34. The van der Waals surface area contributed by atoms with E-state index in [9.17, 15) is 0 Å². The first-order chi connectivity index (χ1) is 9.70. The smallest absolute Gasteiger partial charge is 0.0736 e. The molecule has 0 spiro atoms. The number of para-hydroxylation sites is 1. The maximum atomic E-state index is 5.51. The molecule has 2 rings (SSSR count). The molecule has 2 heteroatoms. The van der Waals surface area contributed by atoms with Crippen molar-refractivity contribution in [3.63, 3.8) is 0 Å². The Morgan fingerprint density at radius 2 is 1.80 bits per heavy atom. The van der Waals surface area contributed by atoms with Crippen LogP contribution in [0.2, 0.25) is 0 Å². The highest BCUT2D eigenvalue weighted by atomic mass is 16.5. The fourth-order valence-electron chi connectivity index (χ4n) is 2.27. The molecule has 0 heterocycles. The zero-order valence-electron chi connectivity index (χ0n) is 12.6. The highest BCUT2D eigenvalue weighted by molar-refractivity contribution is 5.51.